The first-order chi connectivity index (χ1) is 12.7. The Morgan fingerprint density at radius 2 is 1.50 bits per heavy atom. The Balaban J connectivity index is 1.85. The average Bonchev–Trinajstić information content (AvgIpc) is 2.67. The summed E-state index contributed by atoms with van der Waals surface area (Å²) in [6.45, 7) is 0.367. The summed E-state index contributed by atoms with van der Waals surface area (Å²) in [7, 11) is 6.49. The van der Waals surface area contributed by atoms with Crippen molar-refractivity contribution in [3.05, 3.63) is 42.5 Å². The van der Waals surface area contributed by atoms with Gasteiger partial charge < -0.3 is 28.4 Å². The second kappa shape index (κ2) is 8.79. The standard InChI is InChI=1S/C20H26O6/c1-21-12-16-17(22-2)18(23-3)19(24-4)20(26-16)25-15-10-9-13-7-5-6-8-14(13)11-15/h5-11,16-20H,12H2,1-4H3/t16-,17-,18+,19-,20-/m1/s1. The lowest BCUT2D eigenvalue weighted by atomic mass is 9.98. The van der Waals surface area contributed by atoms with Crippen LogP contribution in [-0.2, 0) is 23.7 Å². The summed E-state index contributed by atoms with van der Waals surface area (Å²) in [5.41, 5.74) is 0. The molecule has 0 amide bonds. The lowest BCUT2D eigenvalue weighted by Crippen LogP contribution is -2.62. The maximum absolute atomic E-state index is 6.13. The Morgan fingerprint density at radius 3 is 2.15 bits per heavy atom. The highest BCUT2D eigenvalue weighted by Crippen LogP contribution is 2.30. The summed E-state index contributed by atoms with van der Waals surface area (Å²) in [4.78, 5) is 0. The molecule has 1 aliphatic rings. The van der Waals surface area contributed by atoms with E-state index < -0.39 is 12.4 Å². The van der Waals surface area contributed by atoms with Gasteiger partial charge in [0.25, 0.3) is 0 Å². The molecule has 1 heterocycles. The molecule has 142 valence electrons. The van der Waals surface area contributed by atoms with Gasteiger partial charge in [-0.2, -0.15) is 0 Å². The van der Waals surface area contributed by atoms with E-state index in [1.54, 1.807) is 28.4 Å². The molecule has 0 N–H and O–H groups in total. The summed E-state index contributed by atoms with van der Waals surface area (Å²) in [6.07, 6.45) is -2.07. The third-order valence-corrected chi connectivity index (χ3v) is 4.71. The van der Waals surface area contributed by atoms with Gasteiger partial charge in [-0.05, 0) is 22.9 Å². The Labute approximate surface area is 153 Å². The first-order valence-electron chi connectivity index (χ1n) is 8.60. The Morgan fingerprint density at radius 1 is 0.808 bits per heavy atom. The third kappa shape index (κ3) is 3.84. The number of hydrogen-bond donors (Lipinski definition) is 0. The Bertz CT molecular complexity index is 706. The fraction of sp³-hybridized carbons (Fsp3) is 0.500. The van der Waals surface area contributed by atoms with Gasteiger partial charge in [-0.15, -0.1) is 0 Å². The Hall–Kier alpha value is -1.70. The van der Waals surface area contributed by atoms with E-state index in [1.165, 1.54) is 0 Å². The largest absolute Gasteiger partial charge is 0.462 e. The van der Waals surface area contributed by atoms with Crippen molar-refractivity contribution < 1.29 is 28.4 Å². The van der Waals surface area contributed by atoms with Gasteiger partial charge in [0, 0.05) is 28.4 Å². The molecular formula is C20H26O6. The SMILES string of the molecule is COC[C@H]1O[C@@H](Oc2ccc3ccccc3c2)[C@H](OC)[C@@H](OC)[C@@H]1OC. The van der Waals surface area contributed by atoms with Gasteiger partial charge in [0.1, 0.15) is 30.2 Å². The van der Waals surface area contributed by atoms with Crippen molar-refractivity contribution in [1.82, 2.24) is 0 Å². The highest BCUT2D eigenvalue weighted by atomic mass is 16.7. The molecule has 1 aliphatic heterocycles. The van der Waals surface area contributed by atoms with Crippen molar-refractivity contribution in [3.63, 3.8) is 0 Å². The van der Waals surface area contributed by atoms with Crippen LogP contribution in [0.3, 0.4) is 0 Å². The molecule has 0 radical (unpaired) electrons. The molecule has 2 aromatic rings. The van der Waals surface area contributed by atoms with Gasteiger partial charge in [0.2, 0.25) is 6.29 Å². The summed E-state index contributed by atoms with van der Waals surface area (Å²) >= 11 is 0. The van der Waals surface area contributed by atoms with Crippen LogP contribution in [0.15, 0.2) is 42.5 Å². The fourth-order valence-electron chi connectivity index (χ4n) is 3.45. The van der Waals surface area contributed by atoms with Crippen LogP contribution in [0.2, 0.25) is 0 Å². The van der Waals surface area contributed by atoms with Gasteiger partial charge in [-0.3, -0.25) is 0 Å². The zero-order chi connectivity index (χ0) is 18.5. The van der Waals surface area contributed by atoms with E-state index >= 15 is 0 Å². The van der Waals surface area contributed by atoms with E-state index in [0.29, 0.717) is 12.4 Å². The van der Waals surface area contributed by atoms with Crippen molar-refractivity contribution >= 4 is 10.8 Å². The predicted octanol–water partition coefficient (Wildman–Crippen LogP) is 2.63. The molecule has 1 fully saturated rings. The molecular weight excluding hydrogens is 336 g/mol. The number of fused-ring (bicyclic) bond motifs is 1. The molecule has 3 rings (SSSR count). The quantitative estimate of drug-likeness (QED) is 0.755. The normalized spacial score (nSPS) is 29.0. The zero-order valence-electron chi connectivity index (χ0n) is 15.6. The van der Waals surface area contributed by atoms with Crippen molar-refractivity contribution in [2.24, 2.45) is 0 Å². The molecule has 26 heavy (non-hydrogen) atoms. The maximum atomic E-state index is 6.13. The molecule has 0 spiro atoms. The van der Waals surface area contributed by atoms with Crippen molar-refractivity contribution in [2.45, 2.75) is 30.7 Å². The third-order valence-electron chi connectivity index (χ3n) is 4.71. The smallest absolute Gasteiger partial charge is 0.229 e. The van der Waals surface area contributed by atoms with Crippen LogP contribution in [0.25, 0.3) is 10.8 Å². The van der Waals surface area contributed by atoms with Crippen molar-refractivity contribution in [3.8, 4) is 5.75 Å². The molecule has 1 saturated heterocycles. The molecule has 0 unspecified atom stereocenters. The monoisotopic (exact) mass is 362 g/mol. The maximum Gasteiger partial charge on any atom is 0.229 e. The van der Waals surface area contributed by atoms with E-state index in [-0.39, 0.29) is 18.3 Å². The first kappa shape index (κ1) is 19.1. The summed E-state index contributed by atoms with van der Waals surface area (Å²) < 4.78 is 34.4. The van der Waals surface area contributed by atoms with Crippen LogP contribution in [0, 0.1) is 0 Å². The number of methoxy groups -OCH3 is 4. The van der Waals surface area contributed by atoms with Gasteiger partial charge in [0.05, 0.1) is 6.61 Å². The van der Waals surface area contributed by atoms with Crippen LogP contribution in [0.4, 0.5) is 0 Å². The number of ether oxygens (including phenoxy) is 6. The van der Waals surface area contributed by atoms with Crippen LogP contribution in [0.1, 0.15) is 0 Å². The lowest BCUT2D eigenvalue weighted by molar-refractivity contribution is -0.292. The van der Waals surface area contributed by atoms with Crippen LogP contribution < -0.4 is 4.74 Å². The Kier molecular flexibility index (Phi) is 6.45. The topological polar surface area (TPSA) is 55.4 Å². The minimum atomic E-state index is -0.641. The van der Waals surface area contributed by atoms with E-state index in [2.05, 4.69) is 6.07 Å². The van der Waals surface area contributed by atoms with E-state index in [4.69, 9.17) is 28.4 Å². The van der Waals surface area contributed by atoms with Crippen LogP contribution >= 0.6 is 0 Å². The first-order valence-corrected chi connectivity index (χ1v) is 8.60. The molecule has 0 aliphatic carbocycles. The van der Waals surface area contributed by atoms with Crippen LogP contribution in [-0.4, -0.2) is 65.8 Å². The number of benzene rings is 2. The average molecular weight is 362 g/mol. The summed E-state index contributed by atoms with van der Waals surface area (Å²) in [5, 5.41) is 2.25. The lowest BCUT2D eigenvalue weighted by Gasteiger charge is -2.44. The van der Waals surface area contributed by atoms with Gasteiger partial charge >= 0.3 is 0 Å². The van der Waals surface area contributed by atoms with E-state index in [0.717, 1.165) is 10.8 Å². The van der Waals surface area contributed by atoms with E-state index in [1.807, 2.05) is 36.4 Å². The highest BCUT2D eigenvalue weighted by Gasteiger charge is 2.48. The number of hydrogen-bond acceptors (Lipinski definition) is 6. The summed E-state index contributed by atoms with van der Waals surface area (Å²) in [5.74, 6) is 0.706. The van der Waals surface area contributed by atoms with Crippen molar-refractivity contribution in [1.29, 1.82) is 0 Å². The fourth-order valence-corrected chi connectivity index (χ4v) is 3.45. The molecule has 6 heteroatoms. The molecule has 0 aromatic heterocycles. The predicted molar refractivity (Wildman–Crippen MR) is 97.5 cm³/mol. The summed E-state index contributed by atoms with van der Waals surface area (Å²) in [6, 6.07) is 14.1. The number of rotatable bonds is 7. The van der Waals surface area contributed by atoms with Crippen molar-refractivity contribution in [2.75, 3.05) is 35.0 Å². The molecule has 0 saturated carbocycles. The second-order valence-corrected chi connectivity index (χ2v) is 6.23. The minimum Gasteiger partial charge on any atom is -0.462 e. The zero-order valence-corrected chi connectivity index (χ0v) is 15.6. The minimum absolute atomic E-state index is 0.318. The van der Waals surface area contributed by atoms with Gasteiger partial charge in [-0.1, -0.05) is 30.3 Å². The van der Waals surface area contributed by atoms with Gasteiger partial charge in [0.15, 0.2) is 0 Å². The molecule has 5 atom stereocenters. The molecule has 2 aromatic carbocycles. The van der Waals surface area contributed by atoms with E-state index in [9.17, 15) is 0 Å². The molecule has 6 nitrogen and oxygen atoms in total. The molecule has 0 bridgehead atoms. The van der Waals surface area contributed by atoms with Crippen LogP contribution in [0.5, 0.6) is 5.75 Å². The highest BCUT2D eigenvalue weighted by molar-refractivity contribution is 5.83. The van der Waals surface area contributed by atoms with Gasteiger partial charge in [-0.25, -0.2) is 0 Å². The second-order valence-electron chi connectivity index (χ2n) is 6.23.